The molecule has 0 N–H and O–H groups in total. The molecule has 0 saturated carbocycles. The van der Waals surface area contributed by atoms with E-state index in [-0.39, 0.29) is 0 Å². The van der Waals surface area contributed by atoms with Crippen LogP contribution in [0.2, 0.25) is 0 Å². The molecule has 1 aromatic carbocycles. The summed E-state index contributed by atoms with van der Waals surface area (Å²) in [7, 11) is -3.39. The van der Waals surface area contributed by atoms with E-state index in [2.05, 4.69) is 13.8 Å². The van der Waals surface area contributed by atoms with Crippen LogP contribution in [-0.4, -0.2) is 32.4 Å². The van der Waals surface area contributed by atoms with Crippen molar-refractivity contribution >= 4 is 10.0 Å². The maximum atomic E-state index is 12.7. The fraction of sp³-hybridized carbons (Fsp3) is 0.625. The lowest BCUT2D eigenvalue weighted by Crippen LogP contribution is -2.42. The summed E-state index contributed by atoms with van der Waals surface area (Å²) in [5.41, 5.74) is 0. The quantitative estimate of drug-likeness (QED) is 0.839. The van der Waals surface area contributed by atoms with Gasteiger partial charge >= 0.3 is 0 Å². The average Bonchev–Trinajstić information content (AvgIpc) is 2.44. The number of hydrogen-bond acceptors (Lipinski definition) is 3. The van der Waals surface area contributed by atoms with Gasteiger partial charge in [-0.1, -0.05) is 20.8 Å². The van der Waals surface area contributed by atoms with E-state index in [4.69, 9.17) is 4.74 Å². The zero-order chi connectivity index (χ0) is 15.5. The van der Waals surface area contributed by atoms with Gasteiger partial charge < -0.3 is 4.74 Å². The number of nitrogens with zero attached hydrogens (tertiary/aromatic N) is 1. The summed E-state index contributed by atoms with van der Waals surface area (Å²) in [6.45, 7) is 8.13. The number of sulfonamides is 1. The molecule has 1 saturated heterocycles. The van der Waals surface area contributed by atoms with Gasteiger partial charge in [-0.2, -0.15) is 4.31 Å². The van der Waals surface area contributed by atoms with Gasteiger partial charge in [0, 0.05) is 13.1 Å². The summed E-state index contributed by atoms with van der Waals surface area (Å²) in [4.78, 5) is 0.354. The Morgan fingerprint density at radius 1 is 1.14 bits per heavy atom. The highest BCUT2D eigenvalue weighted by molar-refractivity contribution is 7.89. The van der Waals surface area contributed by atoms with Gasteiger partial charge in [0.05, 0.1) is 11.5 Å². The second-order valence-corrected chi connectivity index (χ2v) is 8.03. The topological polar surface area (TPSA) is 46.6 Å². The fourth-order valence-electron chi connectivity index (χ4n) is 2.88. The molecule has 2 atom stereocenters. The Morgan fingerprint density at radius 3 is 2.24 bits per heavy atom. The summed E-state index contributed by atoms with van der Waals surface area (Å²) in [6.07, 6.45) is 2.03. The number of ether oxygens (including phenoxy) is 1. The molecule has 118 valence electrons. The lowest BCUT2D eigenvalue weighted by atomic mass is 9.94. The smallest absolute Gasteiger partial charge is 0.243 e. The molecule has 0 spiro atoms. The summed E-state index contributed by atoms with van der Waals surface area (Å²) in [5.74, 6) is 1.54. The third-order valence-electron chi connectivity index (χ3n) is 3.77. The van der Waals surface area contributed by atoms with Gasteiger partial charge in [0.1, 0.15) is 5.75 Å². The highest BCUT2D eigenvalue weighted by Gasteiger charge is 2.31. The Hall–Kier alpha value is -1.07. The van der Waals surface area contributed by atoms with Crippen LogP contribution in [0, 0.1) is 11.8 Å². The van der Waals surface area contributed by atoms with Crippen molar-refractivity contribution in [3.8, 4) is 5.75 Å². The van der Waals surface area contributed by atoms with Crippen LogP contribution in [0.1, 0.15) is 33.6 Å². The van der Waals surface area contributed by atoms with Crippen molar-refractivity contribution in [1.82, 2.24) is 4.31 Å². The van der Waals surface area contributed by atoms with Gasteiger partial charge in [-0.15, -0.1) is 0 Å². The monoisotopic (exact) mass is 311 g/mol. The number of rotatable bonds is 5. The minimum atomic E-state index is -3.39. The Labute approximate surface area is 128 Å². The van der Waals surface area contributed by atoms with Crippen molar-refractivity contribution in [1.29, 1.82) is 0 Å². The predicted molar refractivity (Wildman–Crippen MR) is 83.9 cm³/mol. The third-order valence-corrected chi connectivity index (χ3v) is 5.62. The molecule has 1 aromatic rings. The van der Waals surface area contributed by atoms with E-state index in [1.165, 1.54) is 0 Å². The molecular weight excluding hydrogens is 286 g/mol. The molecule has 0 bridgehead atoms. The van der Waals surface area contributed by atoms with Crippen LogP contribution < -0.4 is 4.74 Å². The molecule has 1 fully saturated rings. The normalized spacial score (nSPS) is 24.0. The van der Waals surface area contributed by atoms with Crippen LogP contribution in [0.5, 0.6) is 5.75 Å². The highest BCUT2D eigenvalue weighted by atomic mass is 32.2. The first kappa shape index (κ1) is 16.3. The van der Waals surface area contributed by atoms with Crippen LogP contribution in [-0.2, 0) is 10.0 Å². The van der Waals surface area contributed by atoms with Gasteiger partial charge in [0.15, 0.2) is 0 Å². The molecule has 21 heavy (non-hydrogen) atoms. The minimum Gasteiger partial charge on any atom is -0.494 e. The molecular formula is C16H25NO3S. The molecule has 1 heterocycles. The summed E-state index contributed by atoms with van der Waals surface area (Å²) >= 11 is 0. The maximum Gasteiger partial charge on any atom is 0.243 e. The zero-order valence-electron chi connectivity index (χ0n) is 13.1. The molecule has 0 radical (unpaired) electrons. The largest absolute Gasteiger partial charge is 0.494 e. The van der Waals surface area contributed by atoms with Gasteiger partial charge in [-0.25, -0.2) is 8.42 Å². The van der Waals surface area contributed by atoms with Crippen LogP contribution in [0.3, 0.4) is 0 Å². The fourth-order valence-corrected chi connectivity index (χ4v) is 4.56. The number of hydrogen-bond donors (Lipinski definition) is 0. The minimum absolute atomic E-state index is 0.354. The van der Waals surface area contributed by atoms with Crippen molar-refractivity contribution in [2.24, 2.45) is 11.8 Å². The van der Waals surface area contributed by atoms with Gasteiger partial charge in [-0.05, 0) is 48.9 Å². The van der Waals surface area contributed by atoms with Crippen LogP contribution >= 0.6 is 0 Å². The average molecular weight is 311 g/mol. The van der Waals surface area contributed by atoms with E-state index >= 15 is 0 Å². The molecule has 2 rings (SSSR count). The molecule has 0 amide bonds. The second-order valence-electron chi connectivity index (χ2n) is 6.09. The lowest BCUT2D eigenvalue weighted by Gasteiger charge is -2.34. The lowest BCUT2D eigenvalue weighted by molar-refractivity contribution is 0.222. The third kappa shape index (κ3) is 3.98. The maximum absolute atomic E-state index is 12.7. The summed E-state index contributed by atoms with van der Waals surface area (Å²) in [5, 5.41) is 0. The highest BCUT2D eigenvalue weighted by Crippen LogP contribution is 2.27. The van der Waals surface area contributed by atoms with Crippen molar-refractivity contribution in [3.63, 3.8) is 0 Å². The van der Waals surface area contributed by atoms with E-state index in [9.17, 15) is 8.42 Å². The zero-order valence-corrected chi connectivity index (χ0v) is 13.9. The van der Waals surface area contributed by atoms with Crippen LogP contribution in [0.15, 0.2) is 29.2 Å². The van der Waals surface area contributed by atoms with Crippen molar-refractivity contribution in [3.05, 3.63) is 24.3 Å². The molecule has 1 aliphatic heterocycles. The standard InChI is InChI=1S/C16H25NO3S/c1-4-9-20-15-5-7-16(8-6-15)21(18,19)17-11-13(2)10-14(3)12-17/h5-8,13-14H,4,9-12H2,1-3H3. The van der Waals surface area contributed by atoms with E-state index in [1.807, 2.05) is 6.92 Å². The Kier molecular flexibility index (Phi) is 5.27. The number of piperidine rings is 1. The van der Waals surface area contributed by atoms with Crippen LogP contribution in [0.25, 0.3) is 0 Å². The molecule has 5 heteroatoms. The van der Waals surface area contributed by atoms with E-state index in [0.29, 0.717) is 36.4 Å². The second kappa shape index (κ2) is 6.79. The van der Waals surface area contributed by atoms with Gasteiger partial charge in [-0.3, -0.25) is 0 Å². The van der Waals surface area contributed by atoms with Crippen LogP contribution in [0.4, 0.5) is 0 Å². The van der Waals surface area contributed by atoms with E-state index in [1.54, 1.807) is 28.6 Å². The van der Waals surface area contributed by atoms with E-state index < -0.39 is 10.0 Å². The first-order valence-electron chi connectivity index (χ1n) is 7.66. The first-order chi connectivity index (χ1) is 9.93. The Morgan fingerprint density at radius 2 is 1.71 bits per heavy atom. The van der Waals surface area contributed by atoms with Crippen molar-refractivity contribution in [2.75, 3.05) is 19.7 Å². The van der Waals surface area contributed by atoms with Crippen molar-refractivity contribution in [2.45, 2.75) is 38.5 Å². The molecule has 0 aromatic heterocycles. The van der Waals surface area contributed by atoms with E-state index in [0.717, 1.165) is 18.6 Å². The number of benzene rings is 1. The Balaban J connectivity index is 2.15. The predicted octanol–water partition coefficient (Wildman–Crippen LogP) is 3.14. The molecule has 1 aliphatic rings. The molecule has 4 nitrogen and oxygen atoms in total. The molecule has 2 unspecified atom stereocenters. The molecule has 0 aliphatic carbocycles. The SMILES string of the molecule is CCCOc1ccc(S(=O)(=O)N2CC(C)CC(C)C2)cc1. The van der Waals surface area contributed by atoms with Gasteiger partial charge in [0.25, 0.3) is 0 Å². The van der Waals surface area contributed by atoms with Gasteiger partial charge in [0.2, 0.25) is 10.0 Å². The van der Waals surface area contributed by atoms with Crippen molar-refractivity contribution < 1.29 is 13.2 Å². The Bertz CT molecular complexity index is 543. The summed E-state index contributed by atoms with van der Waals surface area (Å²) in [6, 6.07) is 6.76. The summed E-state index contributed by atoms with van der Waals surface area (Å²) < 4.78 is 32.5. The first-order valence-corrected chi connectivity index (χ1v) is 9.10.